The predicted molar refractivity (Wildman–Crippen MR) is 90.7 cm³/mol. The highest BCUT2D eigenvalue weighted by Crippen LogP contribution is 2.26. The molecule has 8 heteroatoms. The number of hydrogen-bond acceptors (Lipinski definition) is 6. The molecule has 2 amide bonds. The summed E-state index contributed by atoms with van der Waals surface area (Å²) in [5, 5.41) is 0. The Balaban J connectivity index is 1.63. The fraction of sp³-hybridized carbons (Fsp3) is 0.611. The largest absolute Gasteiger partial charge is 0.464 e. The summed E-state index contributed by atoms with van der Waals surface area (Å²) >= 11 is 0. The van der Waals surface area contributed by atoms with Crippen LogP contribution in [0.4, 0.5) is 4.79 Å². The number of hydrogen-bond donors (Lipinski definition) is 0. The summed E-state index contributed by atoms with van der Waals surface area (Å²) in [6, 6.07) is 0.895. The molecule has 0 aromatic carbocycles. The first-order valence-corrected chi connectivity index (χ1v) is 8.90. The van der Waals surface area contributed by atoms with Gasteiger partial charge in [-0.2, -0.15) is 0 Å². The molecule has 3 rings (SSSR count). The van der Waals surface area contributed by atoms with Crippen LogP contribution >= 0.6 is 0 Å². The van der Waals surface area contributed by atoms with Crippen LogP contribution in [0.15, 0.2) is 10.5 Å². The summed E-state index contributed by atoms with van der Waals surface area (Å²) in [7, 11) is 0. The molecule has 8 nitrogen and oxygen atoms in total. The van der Waals surface area contributed by atoms with Gasteiger partial charge in [0.15, 0.2) is 11.8 Å². The Bertz CT molecular complexity index is 685. The number of carbonyl (C=O) groups is 3. The fourth-order valence-corrected chi connectivity index (χ4v) is 3.44. The van der Waals surface area contributed by atoms with Crippen molar-refractivity contribution in [2.45, 2.75) is 45.7 Å². The third-order valence-electron chi connectivity index (χ3n) is 4.99. The Hall–Kier alpha value is -2.51. The topological polar surface area (TPSA) is 89.3 Å². The first-order chi connectivity index (χ1) is 12.4. The van der Waals surface area contributed by atoms with Crippen LogP contribution < -0.4 is 0 Å². The van der Waals surface area contributed by atoms with Crippen LogP contribution in [0, 0.1) is 13.8 Å². The summed E-state index contributed by atoms with van der Waals surface area (Å²) in [5.41, 5.74) is 0.945. The Morgan fingerprint density at radius 2 is 1.96 bits per heavy atom. The fourth-order valence-electron chi connectivity index (χ4n) is 3.44. The van der Waals surface area contributed by atoms with E-state index in [9.17, 15) is 14.4 Å². The molecule has 3 heterocycles. The molecular weight excluding hydrogens is 340 g/mol. The molecule has 2 aliphatic rings. The van der Waals surface area contributed by atoms with E-state index in [-0.39, 0.29) is 25.2 Å². The average molecular weight is 364 g/mol. The third kappa shape index (κ3) is 3.40. The van der Waals surface area contributed by atoms with Crippen molar-refractivity contribution in [3.63, 3.8) is 0 Å². The van der Waals surface area contributed by atoms with Gasteiger partial charge in [0.05, 0.1) is 6.61 Å². The molecule has 2 saturated heterocycles. The Kier molecular flexibility index (Phi) is 5.20. The van der Waals surface area contributed by atoms with E-state index in [4.69, 9.17) is 13.9 Å². The molecule has 0 radical (unpaired) electrons. The molecule has 1 unspecified atom stereocenters. The Morgan fingerprint density at radius 3 is 2.54 bits per heavy atom. The van der Waals surface area contributed by atoms with E-state index in [2.05, 4.69) is 0 Å². The number of furan rings is 1. The minimum Gasteiger partial charge on any atom is -0.464 e. The second kappa shape index (κ2) is 7.39. The SMILES string of the molecule is CCOC(=O)C1COC(=O)N1C1CCN(C(=O)c2cc(C)c(C)o2)CC1. The van der Waals surface area contributed by atoms with E-state index in [1.165, 1.54) is 4.90 Å². The van der Waals surface area contributed by atoms with Gasteiger partial charge in [-0.3, -0.25) is 9.69 Å². The molecule has 0 N–H and O–H groups in total. The lowest BCUT2D eigenvalue weighted by Crippen LogP contribution is -2.52. The zero-order valence-electron chi connectivity index (χ0n) is 15.3. The first-order valence-electron chi connectivity index (χ1n) is 8.90. The molecule has 1 atom stereocenters. The van der Waals surface area contributed by atoms with Crippen molar-refractivity contribution in [1.82, 2.24) is 9.80 Å². The second-order valence-corrected chi connectivity index (χ2v) is 6.63. The Labute approximate surface area is 152 Å². The third-order valence-corrected chi connectivity index (χ3v) is 4.99. The number of likely N-dealkylation sites (tertiary alicyclic amines) is 1. The monoisotopic (exact) mass is 364 g/mol. The molecule has 0 spiro atoms. The van der Waals surface area contributed by atoms with Crippen molar-refractivity contribution in [2.75, 3.05) is 26.3 Å². The molecule has 0 bridgehead atoms. The smallest absolute Gasteiger partial charge is 0.410 e. The van der Waals surface area contributed by atoms with E-state index in [0.717, 1.165) is 11.3 Å². The number of carbonyl (C=O) groups excluding carboxylic acids is 3. The highest BCUT2D eigenvalue weighted by atomic mass is 16.6. The highest BCUT2D eigenvalue weighted by Gasteiger charge is 2.44. The van der Waals surface area contributed by atoms with Crippen molar-refractivity contribution in [3.05, 3.63) is 23.2 Å². The molecule has 1 aromatic heterocycles. The maximum atomic E-state index is 12.6. The maximum absolute atomic E-state index is 12.6. The number of aryl methyl sites for hydroxylation is 2. The molecule has 142 valence electrons. The van der Waals surface area contributed by atoms with E-state index in [0.29, 0.717) is 31.7 Å². The van der Waals surface area contributed by atoms with Crippen molar-refractivity contribution in [3.8, 4) is 0 Å². The minimum atomic E-state index is -0.704. The molecule has 26 heavy (non-hydrogen) atoms. The van der Waals surface area contributed by atoms with Gasteiger partial charge in [-0.25, -0.2) is 9.59 Å². The highest BCUT2D eigenvalue weighted by molar-refractivity contribution is 5.92. The zero-order chi connectivity index (χ0) is 18.8. The normalized spacial score (nSPS) is 21.0. The standard InChI is InChI=1S/C18H24N2O6/c1-4-24-17(22)14-10-25-18(23)20(14)13-5-7-19(8-6-13)16(21)15-9-11(2)12(3)26-15/h9,13-14H,4-8,10H2,1-3H3. The molecular formula is C18H24N2O6. The maximum Gasteiger partial charge on any atom is 0.410 e. The van der Waals surface area contributed by atoms with Gasteiger partial charge in [0.1, 0.15) is 12.4 Å². The molecule has 2 fully saturated rings. The number of nitrogens with zero attached hydrogens (tertiary/aromatic N) is 2. The summed E-state index contributed by atoms with van der Waals surface area (Å²) in [6.45, 7) is 6.70. The molecule has 1 aromatic rings. The quantitative estimate of drug-likeness (QED) is 0.758. The number of piperidine rings is 1. The van der Waals surface area contributed by atoms with Crippen LogP contribution in [0.1, 0.15) is 41.6 Å². The summed E-state index contributed by atoms with van der Waals surface area (Å²) < 4.78 is 15.6. The van der Waals surface area contributed by atoms with Crippen molar-refractivity contribution < 1.29 is 28.3 Å². The van der Waals surface area contributed by atoms with E-state index in [1.54, 1.807) is 17.9 Å². The van der Waals surface area contributed by atoms with Gasteiger partial charge in [-0.1, -0.05) is 0 Å². The summed E-state index contributed by atoms with van der Waals surface area (Å²) in [5.74, 6) is 0.479. The average Bonchev–Trinajstić information content (AvgIpc) is 3.17. The van der Waals surface area contributed by atoms with Crippen molar-refractivity contribution in [2.24, 2.45) is 0 Å². The van der Waals surface area contributed by atoms with Crippen molar-refractivity contribution >= 4 is 18.0 Å². The van der Waals surface area contributed by atoms with E-state index < -0.39 is 18.1 Å². The number of cyclic esters (lactones) is 1. The van der Waals surface area contributed by atoms with Crippen LogP contribution in [0.25, 0.3) is 0 Å². The van der Waals surface area contributed by atoms with Crippen LogP contribution in [0.2, 0.25) is 0 Å². The Morgan fingerprint density at radius 1 is 1.27 bits per heavy atom. The predicted octanol–water partition coefficient (Wildman–Crippen LogP) is 1.88. The van der Waals surface area contributed by atoms with Gasteiger partial charge in [0.2, 0.25) is 0 Å². The lowest BCUT2D eigenvalue weighted by Gasteiger charge is -2.36. The van der Waals surface area contributed by atoms with Gasteiger partial charge >= 0.3 is 12.1 Å². The van der Waals surface area contributed by atoms with Crippen LogP contribution in [0.3, 0.4) is 0 Å². The van der Waals surface area contributed by atoms with Crippen LogP contribution in [0.5, 0.6) is 0 Å². The van der Waals surface area contributed by atoms with Crippen LogP contribution in [-0.4, -0.2) is 66.2 Å². The van der Waals surface area contributed by atoms with Crippen LogP contribution in [-0.2, 0) is 14.3 Å². The van der Waals surface area contributed by atoms with E-state index in [1.807, 2.05) is 13.8 Å². The molecule has 0 saturated carbocycles. The van der Waals surface area contributed by atoms with Gasteiger partial charge in [-0.05, 0) is 45.2 Å². The van der Waals surface area contributed by atoms with Gasteiger partial charge < -0.3 is 18.8 Å². The second-order valence-electron chi connectivity index (χ2n) is 6.63. The minimum absolute atomic E-state index is 0.0156. The number of esters is 1. The lowest BCUT2D eigenvalue weighted by molar-refractivity contribution is -0.148. The zero-order valence-corrected chi connectivity index (χ0v) is 15.3. The molecule has 2 aliphatic heterocycles. The number of rotatable bonds is 4. The molecule has 0 aliphatic carbocycles. The number of amides is 2. The van der Waals surface area contributed by atoms with E-state index >= 15 is 0 Å². The van der Waals surface area contributed by atoms with Gasteiger partial charge in [0, 0.05) is 19.1 Å². The summed E-state index contributed by atoms with van der Waals surface area (Å²) in [4.78, 5) is 39.9. The first kappa shape index (κ1) is 18.3. The van der Waals surface area contributed by atoms with Gasteiger partial charge in [0.25, 0.3) is 5.91 Å². The number of ether oxygens (including phenoxy) is 2. The summed E-state index contributed by atoms with van der Waals surface area (Å²) in [6.07, 6.45) is 0.662. The van der Waals surface area contributed by atoms with Gasteiger partial charge in [-0.15, -0.1) is 0 Å². The lowest BCUT2D eigenvalue weighted by atomic mass is 10.0. The van der Waals surface area contributed by atoms with Crippen molar-refractivity contribution in [1.29, 1.82) is 0 Å².